The molecule has 142 valence electrons. The van der Waals surface area contributed by atoms with Crippen LogP contribution in [0.25, 0.3) is 21.8 Å². The van der Waals surface area contributed by atoms with Crippen molar-refractivity contribution in [2.24, 2.45) is 7.05 Å². The van der Waals surface area contributed by atoms with E-state index < -0.39 is 58.6 Å². The molecule has 3 rings (SSSR count). The maximum atomic E-state index is 12.8. The van der Waals surface area contributed by atoms with Crippen molar-refractivity contribution in [2.45, 2.75) is 0 Å². The van der Waals surface area contributed by atoms with Crippen molar-refractivity contribution < 1.29 is 19.7 Å². The van der Waals surface area contributed by atoms with Gasteiger partial charge >= 0.3 is 11.4 Å². The molecule has 1 heterocycles. The summed E-state index contributed by atoms with van der Waals surface area (Å²) in [6, 6.07) is 2.83. The molecule has 0 aliphatic rings. The van der Waals surface area contributed by atoms with Gasteiger partial charge in [0.1, 0.15) is 11.0 Å². The molecule has 14 heteroatoms. The number of benzene rings is 2. The average molecular weight is 389 g/mol. The molecule has 0 N–H and O–H groups in total. The quantitative estimate of drug-likeness (QED) is 0.365. The van der Waals surface area contributed by atoms with Gasteiger partial charge in [-0.15, -0.1) is 0 Å². The van der Waals surface area contributed by atoms with Crippen LogP contribution in [-0.4, -0.2) is 24.3 Å². The Bertz CT molecular complexity index is 1210. The van der Waals surface area contributed by atoms with Crippen molar-refractivity contribution in [2.75, 3.05) is 0 Å². The number of pyridine rings is 1. The van der Waals surface area contributed by atoms with Crippen LogP contribution in [0.3, 0.4) is 0 Å². The Morgan fingerprint density at radius 1 is 0.679 bits per heavy atom. The van der Waals surface area contributed by atoms with Crippen LogP contribution >= 0.6 is 0 Å². The van der Waals surface area contributed by atoms with E-state index in [0.717, 1.165) is 16.7 Å². The van der Waals surface area contributed by atoms with Gasteiger partial charge in [-0.3, -0.25) is 45.3 Å². The normalized spacial score (nSPS) is 10.9. The van der Waals surface area contributed by atoms with E-state index in [1.807, 2.05) is 0 Å². The van der Waals surface area contributed by atoms with E-state index in [9.17, 15) is 45.3 Å². The standard InChI is InChI=1S/C14H7N5O9/c1-15-12-8(2-6(16(21)22)4-10(12)18(25)26)14(20)9-3-7(17(23)24)5-11(13(9)15)19(27)28/h2-5H,1H3. The van der Waals surface area contributed by atoms with Gasteiger partial charge in [0.05, 0.1) is 42.6 Å². The van der Waals surface area contributed by atoms with Gasteiger partial charge in [-0.1, -0.05) is 0 Å². The van der Waals surface area contributed by atoms with Crippen LogP contribution in [-0.2, 0) is 7.05 Å². The summed E-state index contributed by atoms with van der Waals surface area (Å²) in [6.45, 7) is 0. The highest BCUT2D eigenvalue weighted by Crippen LogP contribution is 2.35. The minimum Gasteiger partial charge on any atom is -0.332 e. The maximum absolute atomic E-state index is 12.8. The number of nitro benzene ring substituents is 4. The smallest absolute Gasteiger partial charge is 0.300 e. The third-order valence-corrected chi connectivity index (χ3v) is 4.12. The summed E-state index contributed by atoms with van der Waals surface area (Å²) in [4.78, 5) is 54.0. The van der Waals surface area contributed by atoms with Crippen molar-refractivity contribution in [1.82, 2.24) is 4.57 Å². The molecule has 0 saturated carbocycles. The summed E-state index contributed by atoms with van der Waals surface area (Å²) in [5.41, 5.74) is -4.90. The van der Waals surface area contributed by atoms with Gasteiger partial charge in [0, 0.05) is 19.2 Å². The van der Waals surface area contributed by atoms with Crippen LogP contribution in [0.4, 0.5) is 22.7 Å². The molecule has 0 aliphatic carbocycles. The second-order valence-corrected chi connectivity index (χ2v) is 5.64. The van der Waals surface area contributed by atoms with E-state index in [1.54, 1.807) is 0 Å². The lowest BCUT2D eigenvalue weighted by Crippen LogP contribution is -2.13. The second-order valence-electron chi connectivity index (χ2n) is 5.64. The molecular weight excluding hydrogens is 382 g/mol. The third kappa shape index (κ3) is 2.56. The monoisotopic (exact) mass is 389 g/mol. The largest absolute Gasteiger partial charge is 0.332 e. The van der Waals surface area contributed by atoms with Gasteiger partial charge in [0.15, 0.2) is 5.43 Å². The predicted octanol–water partition coefficient (Wildman–Crippen LogP) is 2.32. The predicted molar refractivity (Wildman–Crippen MR) is 93.3 cm³/mol. The lowest BCUT2D eigenvalue weighted by atomic mass is 10.1. The van der Waals surface area contributed by atoms with Crippen LogP contribution in [0.5, 0.6) is 0 Å². The molecule has 28 heavy (non-hydrogen) atoms. The molecule has 0 amide bonds. The van der Waals surface area contributed by atoms with Crippen LogP contribution < -0.4 is 5.43 Å². The fraction of sp³-hybridized carbons (Fsp3) is 0.0714. The zero-order chi connectivity index (χ0) is 20.9. The number of nitrogens with zero attached hydrogens (tertiary/aromatic N) is 5. The summed E-state index contributed by atoms with van der Waals surface area (Å²) < 4.78 is 0.954. The summed E-state index contributed by atoms with van der Waals surface area (Å²) in [5.74, 6) is 0. The lowest BCUT2D eigenvalue weighted by molar-refractivity contribution is -0.393. The van der Waals surface area contributed by atoms with Gasteiger partial charge in [-0.25, -0.2) is 0 Å². The number of aromatic nitrogens is 1. The highest BCUT2D eigenvalue weighted by molar-refractivity contribution is 6.02. The Morgan fingerprint density at radius 2 is 1.04 bits per heavy atom. The van der Waals surface area contributed by atoms with Gasteiger partial charge in [0.2, 0.25) is 0 Å². The summed E-state index contributed by atoms with van der Waals surface area (Å²) in [5, 5.41) is 44.0. The molecule has 0 unspecified atom stereocenters. The first kappa shape index (κ1) is 18.3. The molecule has 14 nitrogen and oxygen atoms in total. The molecule has 0 spiro atoms. The maximum Gasteiger partial charge on any atom is 0.300 e. The zero-order valence-corrected chi connectivity index (χ0v) is 13.7. The van der Waals surface area contributed by atoms with Crippen LogP contribution in [0.1, 0.15) is 0 Å². The molecule has 0 fully saturated rings. The van der Waals surface area contributed by atoms with Gasteiger partial charge < -0.3 is 4.57 Å². The van der Waals surface area contributed by atoms with Gasteiger partial charge in [-0.05, 0) is 0 Å². The molecule has 3 aromatic rings. The fourth-order valence-corrected chi connectivity index (χ4v) is 3.01. The average Bonchev–Trinajstić information content (AvgIpc) is 2.63. The SMILES string of the molecule is Cn1c2c([N+](=O)[O-])cc([N+](=O)[O-])cc2c(=O)c2cc([N+](=O)[O-])cc([N+](=O)[O-])c21. The molecule has 0 saturated heterocycles. The van der Waals surface area contributed by atoms with Crippen molar-refractivity contribution in [1.29, 1.82) is 0 Å². The minimum atomic E-state index is -1.04. The number of hydrogen-bond donors (Lipinski definition) is 0. The summed E-state index contributed by atoms with van der Waals surface area (Å²) >= 11 is 0. The molecule has 0 atom stereocenters. The fourth-order valence-electron chi connectivity index (χ4n) is 3.01. The van der Waals surface area contributed by atoms with Crippen LogP contribution in [0, 0.1) is 40.5 Å². The Hall–Kier alpha value is -4.49. The van der Waals surface area contributed by atoms with Crippen LogP contribution in [0.15, 0.2) is 29.1 Å². The first-order valence-electron chi connectivity index (χ1n) is 7.26. The van der Waals surface area contributed by atoms with E-state index in [1.165, 1.54) is 7.05 Å². The second kappa shape index (κ2) is 6.04. The van der Waals surface area contributed by atoms with Crippen molar-refractivity contribution in [3.8, 4) is 0 Å². The third-order valence-electron chi connectivity index (χ3n) is 4.12. The van der Waals surface area contributed by atoms with Crippen molar-refractivity contribution >= 4 is 44.6 Å². The first-order chi connectivity index (χ1) is 13.0. The number of non-ortho nitro benzene ring substituents is 4. The van der Waals surface area contributed by atoms with E-state index in [2.05, 4.69) is 0 Å². The number of rotatable bonds is 4. The van der Waals surface area contributed by atoms with Gasteiger partial charge in [0.25, 0.3) is 11.4 Å². The summed E-state index contributed by atoms with van der Waals surface area (Å²) in [7, 11) is 1.18. The van der Waals surface area contributed by atoms with Crippen LogP contribution in [0.2, 0.25) is 0 Å². The van der Waals surface area contributed by atoms with E-state index in [4.69, 9.17) is 0 Å². The topological polar surface area (TPSA) is 195 Å². The Kier molecular flexibility index (Phi) is 3.95. The summed E-state index contributed by atoms with van der Waals surface area (Å²) in [6.07, 6.45) is 0. The Morgan fingerprint density at radius 3 is 1.32 bits per heavy atom. The molecular formula is C14H7N5O9. The van der Waals surface area contributed by atoms with Gasteiger partial charge in [-0.2, -0.15) is 0 Å². The van der Waals surface area contributed by atoms with Crippen molar-refractivity contribution in [3.63, 3.8) is 0 Å². The molecule has 0 bridgehead atoms. The van der Waals surface area contributed by atoms with Crippen molar-refractivity contribution in [3.05, 3.63) is 74.9 Å². The Balaban J connectivity index is 2.71. The molecule has 0 aliphatic heterocycles. The number of fused-ring (bicyclic) bond motifs is 2. The first-order valence-corrected chi connectivity index (χ1v) is 7.26. The molecule has 0 radical (unpaired) electrons. The number of nitro groups is 4. The molecule has 1 aromatic heterocycles. The van der Waals surface area contributed by atoms with E-state index >= 15 is 0 Å². The van der Waals surface area contributed by atoms with E-state index in [-0.39, 0.29) is 11.0 Å². The minimum absolute atomic E-state index is 0.384. The number of hydrogen-bond acceptors (Lipinski definition) is 9. The highest BCUT2D eigenvalue weighted by Gasteiger charge is 2.29. The number of aryl methyl sites for hydroxylation is 1. The molecule has 2 aromatic carbocycles. The lowest BCUT2D eigenvalue weighted by Gasteiger charge is -2.11. The Labute approximate surface area is 151 Å². The zero-order valence-electron chi connectivity index (χ0n) is 13.7. The van der Waals surface area contributed by atoms with E-state index in [0.29, 0.717) is 12.1 Å². The highest BCUT2D eigenvalue weighted by atomic mass is 16.6.